The van der Waals surface area contributed by atoms with Crippen molar-refractivity contribution in [2.45, 2.75) is 34.1 Å². The smallest absolute Gasteiger partial charge is 0.163 e. The average molecular weight is 295 g/mol. The zero-order valence-electron chi connectivity index (χ0n) is 12.6. The van der Waals surface area contributed by atoms with Crippen molar-refractivity contribution >= 4 is 34.2 Å². The molecule has 0 saturated heterocycles. The Bertz CT molecular complexity index is 521. The Hall–Kier alpha value is -1.68. The highest BCUT2D eigenvalue weighted by atomic mass is 35.5. The summed E-state index contributed by atoms with van der Waals surface area (Å²) in [5.74, 6) is 1.09. The summed E-state index contributed by atoms with van der Waals surface area (Å²) in [7, 11) is 0. The lowest BCUT2D eigenvalue weighted by atomic mass is 10.2. The molecule has 0 fully saturated rings. The zero-order valence-corrected chi connectivity index (χ0v) is 13.4. The van der Waals surface area contributed by atoms with Gasteiger partial charge in [-0.15, -0.1) is 11.6 Å². The number of nitrogens with two attached hydrogens (primary N) is 1. The van der Waals surface area contributed by atoms with E-state index in [4.69, 9.17) is 17.3 Å². The number of aromatic nitrogens is 2. The lowest BCUT2D eigenvalue weighted by Crippen LogP contribution is -2.12. The number of fused-ring (bicyclic) bond motifs is 1. The minimum Gasteiger partial charge on any atom is -0.386 e. The summed E-state index contributed by atoms with van der Waals surface area (Å²) >= 11 is 5.55. The SMILES string of the molecule is CC.CCC.NC(CCl)=Nc1nccc2ncccc12. The Morgan fingerprint density at radius 2 is 1.85 bits per heavy atom. The van der Waals surface area contributed by atoms with Crippen LogP contribution in [0.3, 0.4) is 0 Å². The van der Waals surface area contributed by atoms with Gasteiger partial charge < -0.3 is 5.73 Å². The Morgan fingerprint density at radius 1 is 1.20 bits per heavy atom. The molecule has 0 saturated carbocycles. The Balaban J connectivity index is 0.000000641. The third-order valence-electron chi connectivity index (χ3n) is 1.90. The van der Waals surface area contributed by atoms with Crippen LogP contribution in [0.2, 0.25) is 0 Å². The van der Waals surface area contributed by atoms with Gasteiger partial charge in [0.05, 0.1) is 11.4 Å². The summed E-state index contributed by atoms with van der Waals surface area (Å²) in [5.41, 5.74) is 6.39. The highest BCUT2D eigenvalue weighted by Crippen LogP contribution is 2.20. The molecular formula is C15H23ClN4. The molecule has 0 bridgehead atoms. The number of hydrogen-bond acceptors (Lipinski definition) is 3. The molecule has 0 atom stereocenters. The van der Waals surface area contributed by atoms with E-state index in [1.807, 2.05) is 32.0 Å². The molecule has 0 aliphatic carbocycles. The molecule has 0 radical (unpaired) electrons. The van der Waals surface area contributed by atoms with E-state index in [-0.39, 0.29) is 5.88 Å². The van der Waals surface area contributed by atoms with Crippen molar-refractivity contribution < 1.29 is 0 Å². The second-order valence-electron chi connectivity index (χ2n) is 3.65. The van der Waals surface area contributed by atoms with Crippen molar-refractivity contribution in [3.8, 4) is 0 Å². The van der Waals surface area contributed by atoms with Gasteiger partial charge >= 0.3 is 0 Å². The molecule has 110 valence electrons. The van der Waals surface area contributed by atoms with Crippen molar-refractivity contribution in [1.82, 2.24) is 9.97 Å². The van der Waals surface area contributed by atoms with Gasteiger partial charge in [0.25, 0.3) is 0 Å². The normalized spacial score (nSPS) is 10.2. The van der Waals surface area contributed by atoms with Crippen molar-refractivity contribution in [3.63, 3.8) is 0 Å². The van der Waals surface area contributed by atoms with E-state index in [0.717, 1.165) is 10.9 Å². The molecule has 0 aliphatic rings. The number of aliphatic imine (C=N–C) groups is 1. The number of hydrogen-bond donors (Lipinski definition) is 1. The number of pyridine rings is 2. The maximum Gasteiger partial charge on any atom is 0.163 e. The number of halogens is 1. The minimum atomic E-state index is 0.193. The van der Waals surface area contributed by atoms with Gasteiger partial charge in [-0.1, -0.05) is 34.1 Å². The van der Waals surface area contributed by atoms with Gasteiger partial charge in [-0.2, -0.15) is 0 Å². The van der Waals surface area contributed by atoms with Gasteiger partial charge in [0.2, 0.25) is 0 Å². The summed E-state index contributed by atoms with van der Waals surface area (Å²) in [6.45, 7) is 8.25. The minimum absolute atomic E-state index is 0.193. The molecule has 2 N–H and O–H groups in total. The fraction of sp³-hybridized carbons (Fsp3) is 0.400. The maximum atomic E-state index is 5.55. The lowest BCUT2D eigenvalue weighted by Gasteiger charge is -2.00. The predicted octanol–water partition coefficient (Wildman–Crippen LogP) is 4.30. The summed E-state index contributed by atoms with van der Waals surface area (Å²) in [4.78, 5) is 12.4. The van der Waals surface area contributed by atoms with Crippen molar-refractivity contribution in [3.05, 3.63) is 30.6 Å². The number of amidine groups is 1. The molecule has 20 heavy (non-hydrogen) atoms. The van der Waals surface area contributed by atoms with Crippen molar-refractivity contribution in [1.29, 1.82) is 0 Å². The first kappa shape index (κ1) is 18.3. The second kappa shape index (κ2) is 11.2. The van der Waals surface area contributed by atoms with Gasteiger partial charge in [-0.3, -0.25) is 4.98 Å². The summed E-state index contributed by atoms with van der Waals surface area (Å²) in [6.07, 6.45) is 4.62. The predicted molar refractivity (Wildman–Crippen MR) is 88.9 cm³/mol. The van der Waals surface area contributed by atoms with E-state index < -0.39 is 0 Å². The first-order chi connectivity index (χ1) is 9.72. The van der Waals surface area contributed by atoms with E-state index in [2.05, 4.69) is 28.8 Å². The first-order valence-electron chi connectivity index (χ1n) is 6.81. The topological polar surface area (TPSA) is 64.2 Å². The summed E-state index contributed by atoms with van der Waals surface area (Å²) in [6, 6.07) is 5.56. The number of rotatable bonds is 2. The monoisotopic (exact) mass is 294 g/mol. The average Bonchev–Trinajstić information content (AvgIpc) is 2.50. The Labute approximate surface area is 126 Å². The largest absolute Gasteiger partial charge is 0.386 e. The van der Waals surface area contributed by atoms with E-state index in [0.29, 0.717) is 11.7 Å². The van der Waals surface area contributed by atoms with Crippen LogP contribution in [0.25, 0.3) is 10.9 Å². The molecule has 4 nitrogen and oxygen atoms in total. The maximum absolute atomic E-state index is 5.55. The van der Waals surface area contributed by atoms with Crippen LogP contribution >= 0.6 is 11.6 Å². The Morgan fingerprint density at radius 3 is 2.45 bits per heavy atom. The molecule has 5 heteroatoms. The summed E-state index contributed by atoms with van der Waals surface area (Å²) < 4.78 is 0. The van der Waals surface area contributed by atoms with Crippen molar-refractivity contribution in [2.24, 2.45) is 10.7 Å². The molecule has 2 heterocycles. The van der Waals surface area contributed by atoms with Crippen LogP contribution in [0, 0.1) is 0 Å². The van der Waals surface area contributed by atoms with Gasteiger partial charge in [0.15, 0.2) is 5.82 Å². The van der Waals surface area contributed by atoms with Crippen LogP contribution in [-0.2, 0) is 0 Å². The molecule has 2 aromatic rings. The van der Waals surface area contributed by atoms with Gasteiger partial charge in [-0.25, -0.2) is 9.98 Å². The fourth-order valence-electron chi connectivity index (χ4n) is 1.24. The van der Waals surface area contributed by atoms with E-state index in [9.17, 15) is 0 Å². The number of alkyl halides is 1. The molecule has 0 amide bonds. The molecule has 0 spiro atoms. The third kappa shape index (κ3) is 5.97. The zero-order chi connectivity index (χ0) is 15.4. The van der Waals surface area contributed by atoms with Gasteiger partial charge in [0.1, 0.15) is 5.84 Å². The molecule has 0 aromatic carbocycles. The quantitative estimate of drug-likeness (QED) is 0.510. The molecule has 0 aliphatic heterocycles. The van der Waals surface area contributed by atoms with E-state index >= 15 is 0 Å². The van der Waals surface area contributed by atoms with E-state index in [1.165, 1.54) is 6.42 Å². The Kier molecular flexibility index (Phi) is 10.2. The first-order valence-corrected chi connectivity index (χ1v) is 7.35. The van der Waals surface area contributed by atoms with E-state index in [1.54, 1.807) is 12.4 Å². The van der Waals surface area contributed by atoms with Crippen molar-refractivity contribution in [2.75, 3.05) is 5.88 Å². The van der Waals surface area contributed by atoms with Gasteiger partial charge in [0, 0.05) is 17.8 Å². The second-order valence-corrected chi connectivity index (χ2v) is 3.92. The van der Waals surface area contributed by atoms with Crippen LogP contribution in [-0.4, -0.2) is 21.7 Å². The fourth-order valence-corrected chi connectivity index (χ4v) is 1.30. The van der Waals surface area contributed by atoms with Crippen LogP contribution in [0.15, 0.2) is 35.6 Å². The standard InChI is InChI=1S/C10H9ClN4.C3H8.C2H6/c11-6-9(12)15-10-7-2-1-4-13-8(7)3-5-14-10;1-3-2;1-2/h1-5H,6H2,(H2,12,14,15);3H2,1-2H3;1-2H3. The summed E-state index contributed by atoms with van der Waals surface area (Å²) in [5, 5.41) is 0.869. The molecular weight excluding hydrogens is 272 g/mol. The molecule has 2 rings (SSSR count). The molecule has 2 aromatic heterocycles. The van der Waals surface area contributed by atoms with Crippen LogP contribution in [0.5, 0.6) is 0 Å². The highest BCUT2D eigenvalue weighted by Gasteiger charge is 2.01. The van der Waals surface area contributed by atoms with Crippen LogP contribution in [0.1, 0.15) is 34.1 Å². The van der Waals surface area contributed by atoms with Crippen LogP contribution in [0.4, 0.5) is 5.82 Å². The third-order valence-corrected chi connectivity index (χ3v) is 2.17. The van der Waals surface area contributed by atoms with Crippen LogP contribution < -0.4 is 5.73 Å². The molecule has 0 unspecified atom stereocenters. The van der Waals surface area contributed by atoms with Gasteiger partial charge in [-0.05, 0) is 18.2 Å². The highest BCUT2D eigenvalue weighted by molar-refractivity contribution is 6.28. The number of nitrogens with zero attached hydrogens (tertiary/aromatic N) is 3. The lowest BCUT2D eigenvalue weighted by molar-refractivity contribution is 1.09.